The Labute approximate surface area is 171 Å². The van der Waals surface area contributed by atoms with Gasteiger partial charge in [-0.25, -0.2) is 0 Å². The van der Waals surface area contributed by atoms with Gasteiger partial charge < -0.3 is 14.2 Å². The maximum atomic E-state index is 12.8. The number of esters is 1. The zero-order chi connectivity index (χ0) is 20.1. The molecule has 0 aliphatic heterocycles. The molecule has 0 bridgehead atoms. The van der Waals surface area contributed by atoms with E-state index >= 15 is 0 Å². The first kappa shape index (κ1) is 19.1. The van der Waals surface area contributed by atoms with Crippen LogP contribution in [0.15, 0.2) is 78.9 Å². The SMILES string of the molecule is CCOc1ccc(C2(C(=O)OCc3cccc(Oc4ccccc4)c3)CC2)cc1. The summed E-state index contributed by atoms with van der Waals surface area (Å²) in [5, 5.41) is 0. The molecule has 0 unspecified atom stereocenters. The van der Waals surface area contributed by atoms with Gasteiger partial charge in [-0.1, -0.05) is 42.5 Å². The standard InChI is InChI=1S/C25H24O4/c1-2-27-21-13-11-20(12-14-21)25(15-16-25)24(26)28-18-19-7-6-10-23(17-19)29-22-8-4-3-5-9-22/h3-14,17H,2,15-16,18H2,1H3. The van der Waals surface area contributed by atoms with E-state index in [-0.39, 0.29) is 12.6 Å². The third kappa shape index (κ3) is 4.43. The first-order valence-corrected chi connectivity index (χ1v) is 9.92. The van der Waals surface area contributed by atoms with E-state index < -0.39 is 5.41 Å². The fourth-order valence-electron chi connectivity index (χ4n) is 3.38. The Bertz CT molecular complexity index is 960. The van der Waals surface area contributed by atoms with Gasteiger partial charge in [0.25, 0.3) is 0 Å². The van der Waals surface area contributed by atoms with Gasteiger partial charge in [0.15, 0.2) is 0 Å². The molecule has 0 amide bonds. The smallest absolute Gasteiger partial charge is 0.316 e. The minimum absolute atomic E-state index is 0.170. The lowest BCUT2D eigenvalue weighted by atomic mass is 9.96. The van der Waals surface area contributed by atoms with Gasteiger partial charge in [0.05, 0.1) is 12.0 Å². The summed E-state index contributed by atoms with van der Waals surface area (Å²) in [6.07, 6.45) is 1.63. The van der Waals surface area contributed by atoms with Crippen molar-refractivity contribution in [2.45, 2.75) is 31.8 Å². The number of para-hydroxylation sites is 1. The molecular weight excluding hydrogens is 364 g/mol. The highest BCUT2D eigenvalue weighted by Crippen LogP contribution is 2.49. The van der Waals surface area contributed by atoms with Crippen molar-refractivity contribution >= 4 is 5.97 Å². The van der Waals surface area contributed by atoms with Crippen LogP contribution in [0.3, 0.4) is 0 Å². The van der Waals surface area contributed by atoms with E-state index in [0.717, 1.165) is 41.2 Å². The Morgan fingerprint density at radius 3 is 2.28 bits per heavy atom. The third-order valence-corrected chi connectivity index (χ3v) is 5.11. The topological polar surface area (TPSA) is 44.8 Å². The van der Waals surface area contributed by atoms with Crippen LogP contribution in [0.5, 0.6) is 17.2 Å². The van der Waals surface area contributed by atoms with Crippen molar-refractivity contribution < 1.29 is 19.0 Å². The Morgan fingerprint density at radius 1 is 0.862 bits per heavy atom. The highest BCUT2D eigenvalue weighted by molar-refractivity contribution is 5.86. The molecule has 3 aromatic rings. The molecule has 0 saturated heterocycles. The number of ether oxygens (including phenoxy) is 3. The first-order valence-electron chi connectivity index (χ1n) is 9.92. The minimum Gasteiger partial charge on any atom is -0.494 e. The number of hydrogen-bond donors (Lipinski definition) is 0. The van der Waals surface area contributed by atoms with E-state index in [1.165, 1.54) is 0 Å². The molecule has 148 valence electrons. The van der Waals surface area contributed by atoms with E-state index in [4.69, 9.17) is 14.2 Å². The molecular formula is C25H24O4. The maximum Gasteiger partial charge on any atom is 0.316 e. The van der Waals surface area contributed by atoms with E-state index in [1.807, 2.05) is 85.8 Å². The second-order valence-corrected chi connectivity index (χ2v) is 7.18. The van der Waals surface area contributed by atoms with Crippen LogP contribution in [-0.4, -0.2) is 12.6 Å². The summed E-state index contributed by atoms with van der Waals surface area (Å²) in [6, 6.07) is 25.0. The molecule has 0 spiro atoms. The Balaban J connectivity index is 1.38. The second kappa shape index (κ2) is 8.39. The highest BCUT2D eigenvalue weighted by Gasteiger charge is 2.52. The minimum atomic E-state index is -0.511. The van der Waals surface area contributed by atoms with Gasteiger partial charge in [0, 0.05) is 0 Å². The molecule has 0 N–H and O–H groups in total. The van der Waals surface area contributed by atoms with Gasteiger partial charge in [-0.15, -0.1) is 0 Å². The molecule has 1 aliphatic rings. The predicted molar refractivity (Wildman–Crippen MR) is 111 cm³/mol. The number of carbonyl (C=O) groups excluding carboxylic acids is 1. The maximum absolute atomic E-state index is 12.8. The quantitative estimate of drug-likeness (QED) is 0.468. The van der Waals surface area contributed by atoms with Crippen molar-refractivity contribution in [3.63, 3.8) is 0 Å². The van der Waals surface area contributed by atoms with Crippen LogP contribution in [0.25, 0.3) is 0 Å². The van der Waals surface area contributed by atoms with E-state index in [0.29, 0.717) is 6.61 Å². The number of hydrogen-bond acceptors (Lipinski definition) is 4. The molecule has 4 nitrogen and oxygen atoms in total. The zero-order valence-corrected chi connectivity index (χ0v) is 16.5. The lowest BCUT2D eigenvalue weighted by molar-refractivity contribution is -0.148. The van der Waals surface area contributed by atoms with Crippen LogP contribution < -0.4 is 9.47 Å². The van der Waals surface area contributed by atoms with Gasteiger partial charge in [-0.3, -0.25) is 4.79 Å². The first-order chi connectivity index (χ1) is 14.2. The van der Waals surface area contributed by atoms with Crippen LogP contribution in [0.1, 0.15) is 30.9 Å². The van der Waals surface area contributed by atoms with Crippen LogP contribution in [0.2, 0.25) is 0 Å². The normalized spacial score (nSPS) is 14.1. The Hall–Kier alpha value is -3.27. The summed E-state index contributed by atoms with van der Waals surface area (Å²) in [6.45, 7) is 2.80. The molecule has 0 heterocycles. The van der Waals surface area contributed by atoms with Crippen molar-refractivity contribution in [1.82, 2.24) is 0 Å². The largest absolute Gasteiger partial charge is 0.494 e. The lowest BCUT2D eigenvalue weighted by Crippen LogP contribution is -2.23. The highest BCUT2D eigenvalue weighted by atomic mass is 16.5. The molecule has 0 aromatic heterocycles. The molecule has 1 aliphatic carbocycles. The van der Waals surface area contributed by atoms with Crippen molar-refractivity contribution in [1.29, 1.82) is 0 Å². The summed E-state index contributed by atoms with van der Waals surface area (Å²) in [4.78, 5) is 12.8. The second-order valence-electron chi connectivity index (χ2n) is 7.18. The molecule has 4 rings (SSSR count). The summed E-state index contributed by atoms with van der Waals surface area (Å²) in [7, 11) is 0. The monoisotopic (exact) mass is 388 g/mol. The molecule has 3 aromatic carbocycles. The summed E-state index contributed by atoms with van der Waals surface area (Å²) < 4.78 is 17.0. The zero-order valence-electron chi connectivity index (χ0n) is 16.5. The average Bonchev–Trinajstić information content (AvgIpc) is 3.56. The van der Waals surface area contributed by atoms with Gasteiger partial charge in [0.2, 0.25) is 0 Å². The van der Waals surface area contributed by atoms with Crippen molar-refractivity contribution in [2.24, 2.45) is 0 Å². The van der Waals surface area contributed by atoms with Crippen molar-refractivity contribution in [3.05, 3.63) is 90.0 Å². The van der Waals surface area contributed by atoms with Crippen LogP contribution in [0, 0.1) is 0 Å². The van der Waals surface area contributed by atoms with Crippen LogP contribution >= 0.6 is 0 Å². The van der Waals surface area contributed by atoms with E-state index in [2.05, 4.69) is 0 Å². The molecule has 29 heavy (non-hydrogen) atoms. The van der Waals surface area contributed by atoms with Crippen molar-refractivity contribution in [2.75, 3.05) is 6.61 Å². The van der Waals surface area contributed by atoms with Gasteiger partial charge in [0.1, 0.15) is 23.9 Å². The number of rotatable bonds is 8. The predicted octanol–water partition coefficient (Wildman–Crippen LogP) is 5.65. The molecule has 0 radical (unpaired) electrons. The molecule has 4 heteroatoms. The van der Waals surface area contributed by atoms with Gasteiger partial charge in [-0.05, 0) is 67.3 Å². The van der Waals surface area contributed by atoms with Crippen molar-refractivity contribution in [3.8, 4) is 17.2 Å². The van der Waals surface area contributed by atoms with Crippen LogP contribution in [-0.2, 0) is 21.6 Å². The Kier molecular flexibility index (Phi) is 5.52. The van der Waals surface area contributed by atoms with Gasteiger partial charge >= 0.3 is 5.97 Å². The van der Waals surface area contributed by atoms with E-state index in [9.17, 15) is 4.79 Å². The number of benzene rings is 3. The Morgan fingerprint density at radius 2 is 1.59 bits per heavy atom. The lowest BCUT2D eigenvalue weighted by Gasteiger charge is -2.16. The van der Waals surface area contributed by atoms with Crippen LogP contribution in [0.4, 0.5) is 0 Å². The fourth-order valence-corrected chi connectivity index (χ4v) is 3.38. The average molecular weight is 388 g/mol. The summed E-state index contributed by atoms with van der Waals surface area (Å²) >= 11 is 0. The van der Waals surface area contributed by atoms with Gasteiger partial charge in [-0.2, -0.15) is 0 Å². The third-order valence-electron chi connectivity index (χ3n) is 5.11. The summed E-state index contributed by atoms with van der Waals surface area (Å²) in [5.41, 5.74) is 1.38. The number of carbonyl (C=O) groups is 1. The molecule has 1 saturated carbocycles. The fraction of sp³-hybridized carbons (Fsp3) is 0.240. The summed E-state index contributed by atoms with van der Waals surface area (Å²) in [5.74, 6) is 2.14. The molecule has 0 atom stereocenters. The van der Waals surface area contributed by atoms with E-state index in [1.54, 1.807) is 0 Å². The molecule has 1 fully saturated rings.